The van der Waals surface area contributed by atoms with E-state index in [2.05, 4.69) is 127 Å². The Morgan fingerprint density at radius 1 is 0.571 bits per heavy atom. The van der Waals surface area contributed by atoms with E-state index in [-0.39, 0.29) is 6.10 Å². The van der Waals surface area contributed by atoms with Crippen molar-refractivity contribution >= 4 is 37.5 Å². The summed E-state index contributed by atoms with van der Waals surface area (Å²) in [5.41, 5.74) is 1.27. The predicted molar refractivity (Wildman–Crippen MR) is 151 cm³/mol. The zero-order valence-electron chi connectivity index (χ0n) is 19.7. The molecule has 0 saturated heterocycles. The molecule has 0 fully saturated rings. The van der Waals surface area contributed by atoms with E-state index in [1.54, 1.807) is 0 Å². The first-order chi connectivity index (χ1) is 17.4. The third-order valence-electron chi connectivity index (χ3n) is 6.05. The summed E-state index contributed by atoms with van der Waals surface area (Å²) in [6.45, 7) is 0.590. The number of allylic oxidation sites excluding steroid dienone is 1. The molecule has 0 radical (unpaired) electrons. The highest BCUT2D eigenvalue weighted by molar-refractivity contribution is 7.68. The molecule has 4 heteroatoms. The Morgan fingerprint density at radius 3 is 1.46 bits per heavy atom. The van der Waals surface area contributed by atoms with E-state index in [0.717, 1.165) is 19.3 Å². The second-order valence-corrected chi connectivity index (χ2v) is 12.2. The molecule has 35 heavy (non-hydrogen) atoms. The van der Waals surface area contributed by atoms with Crippen LogP contribution in [-0.2, 0) is 9.05 Å². The van der Waals surface area contributed by atoms with Crippen molar-refractivity contribution in [2.24, 2.45) is 0 Å². The van der Waals surface area contributed by atoms with Crippen LogP contribution in [0.15, 0.2) is 133 Å². The van der Waals surface area contributed by atoms with Gasteiger partial charge in [-0.1, -0.05) is 127 Å². The highest BCUT2D eigenvalue weighted by Crippen LogP contribution is 2.42. The minimum atomic E-state index is -0.905. The molecule has 0 N–H and O–H groups in total. The first-order valence-electron chi connectivity index (χ1n) is 12.2. The van der Waals surface area contributed by atoms with E-state index in [1.807, 2.05) is 0 Å². The molecule has 0 saturated carbocycles. The smallest absolute Gasteiger partial charge is 0.0926 e. The van der Waals surface area contributed by atoms with Gasteiger partial charge in [0.25, 0.3) is 0 Å². The molecule has 1 unspecified atom stereocenters. The van der Waals surface area contributed by atoms with E-state index in [9.17, 15) is 0 Å². The lowest BCUT2D eigenvalue weighted by molar-refractivity contribution is 0.225. The van der Waals surface area contributed by atoms with Gasteiger partial charge in [-0.05, 0) is 24.8 Å². The van der Waals surface area contributed by atoms with Crippen LogP contribution in [0.2, 0.25) is 0 Å². The lowest BCUT2D eigenvalue weighted by atomic mass is 9.97. The van der Waals surface area contributed by atoms with Crippen molar-refractivity contribution < 1.29 is 9.05 Å². The molecule has 5 rings (SSSR count). The van der Waals surface area contributed by atoms with E-state index in [4.69, 9.17) is 9.05 Å². The minimum Gasteiger partial charge on any atom is -0.345 e. The normalized spacial score (nSPS) is 15.8. The molecule has 1 atom stereocenters. The highest BCUT2D eigenvalue weighted by Gasteiger charge is 2.26. The van der Waals surface area contributed by atoms with Crippen LogP contribution in [0.3, 0.4) is 0 Å². The number of rotatable bonds is 9. The summed E-state index contributed by atoms with van der Waals surface area (Å²) < 4.78 is 13.6. The third kappa shape index (κ3) is 6.35. The van der Waals surface area contributed by atoms with Gasteiger partial charge in [0.2, 0.25) is 0 Å². The summed E-state index contributed by atoms with van der Waals surface area (Å²) in [6, 6.07) is 42.5. The fourth-order valence-corrected chi connectivity index (χ4v) is 7.95. The maximum Gasteiger partial charge on any atom is 0.0926 e. The van der Waals surface area contributed by atoms with E-state index < -0.39 is 16.3 Å². The second kappa shape index (κ2) is 12.4. The van der Waals surface area contributed by atoms with Gasteiger partial charge in [-0.2, -0.15) is 0 Å². The van der Waals surface area contributed by atoms with E-state index >= 15 is 0 Å². The molecule has 176 valence electrons. The molecule has 1 aliphatic rings. The zero-order chi connectivity index (χ0) is 23.7. The summed E-state index contributed by atoms with van der Waals surface area (Å²) in [7, 11) is -1.80. The molecule has 0 spiro atoms. The van der Waals surface area contributed by atoms with Crippen molar-refractivity contribution in [3.05, 3.63) is 133 Å². The summed E-state index contributed by atoms with van der Waals surface area (Å²) in [4.78, 5) is 0. The fourth-order valence-electron chi connectivity index (χ4n) is 4.27. The quantitative estimate of drug-likeness (QED) is 0.192. The van der Waals surface area contributed by atoms with Crippen LogP contribution in [-0.4, -0.2) is 12.7 Å². The molecule has 4 aromatic carbocycles. The van der Waals surface area contributed by atoms with E-state index in [1.165, 1.54) is 26.8 Å². The number of hydrogen-bond donors (Lipinski definition) is 0. The van der Waals surface area contributed by atoms with Gasteiger partial charge >= 0.3 is 0 Å². The van der Waals surface area contributed by atoms with Crippen LogP contribution in [0.5, 0.6) is 0 Å². The first-order valence-corrected chi connectivity index (χ1v) is 14.7. The summed E-state index contributed by atoms with van der Waals surface area (Å²) >= 11 is 0. The highest BCUT2D eigenvalue weighted by atomic mass is 31.1. The zero-order valence-corrected chi connectivity index (χ0v) is 21.5. The first kappa shape index (κ1) is 24.1. The molecule has 0 amide bonds. The average Bonchev–Trinajstić information content (AvgIpc) is 2.94. The molecule has 0 aromatic heterocycles. The Morgan fingerprint density at radius 2 is 1.00 bits per heavy atom. The van der Waals surface area contributed by atoms with Gasteiger partial charge in [0, 0.05) is 21.2 Å². The molecule has 1 aliphatic carbocycles. The minimum absolute atomic E-state index is 0.0682. The maximum absolute atomic E-state index is 6.94. The fraction of sp³-hybridized carbons (Fsp3) is 0.161. The average molecular weight is 497 g/mol. The van der Waals surface area contributed by atoms with Crippen molar-refractivity contribution in [2.75, 3.05) is 6.61 Å². The predicted octanol–water partition coefficient (Wildman–Crippen LogP) is 6.59. The van der Waals surface area contributed by atoms with Gasteiger partial charge in [0.05, 0.1) is 29.0 Å². The lowest BCUT2D eigenvalue weighted by Crippen LogP contribution is -2.25. The van der Waals surface area contributed by atoms with Crippen LogP contribution >= 0.6 is 16.3 Å². The van der Waals surface area contributed by atoms with Crippen molar-refractivity contribution in [3.8, 4) is 0 Å². The summed E-state index contributed by atoms with van der Waals surface area (Å²) in [6.07, 6.45) is 5.68. The van der Waals surface area contributed by atoms with Crippen molar-refractivity contribution in [1.29, 1.82) is 0 Å². The second-order valence-electron chi connectivity index (χ2n) is 8.51. The van der Waals surface area contributed by atoms with Gasteiger partial charge in [-0.15, -0.1) is 0 Å². The molecular weight excluding hydrogens is 466 g/mol. The van der Waals surface area contributed by atoms with Gasteiger partial charge in [-0.3, -0.25) is 0 Å². The van der Waals surface area contributed by atoms with Crippen molar-refractivity contribution in [3.63, 3.8) is 0 Å². The number of hydrogen-bond acceptors (Lipinski definition) is 2. The van der Waals surface area contributed by atoms with Crippen molar-refractivity contribution in [2.45, 2.75) is 25.4 Å². The van der Waals surface area contributed by atoms with Crippen LogP contribution in [0.1, 0.15) is 19.3 Å². The third-order valence-corrected chi connectivity index (χ3v) is 9.97. The van der Waals surface area contributed by atoms with Crippen LogP contribution in [0.25, 0.3) is 0 Å². The summed E-state index contributed by atoms with van der Waals surface area (Å²) in [5.74, 6) is 0. The van der Waals surface area contributed by atoms with Gasteiger partial charge in [0.15, 0.2) is 0 Å². The Kier molecular flexibility index (Phi) is 8.53. The van der Waals surface area contributed by atoms with Crippen molar-refractivity contribution in [1.82, 2.24) is 0 Å². The molecule has 0 bridgehead atoms. The molecule has 0 aliphatic heterocycles. The topological polar surface area (TPSA) is 18.5 Å². The maximum atomic E-state index is 6.94. The Bertz CT molecular complexity index is 1120. The van der Waals surface area contributed by atoms with Crippen LogP contribution < -0.4 is 21.2 Å². The van der Waals surface area contributed by atoms with Crippen LogP contribution in [0.4, 0.5) is 0 Å². The summed E-state index contributed by atoms with van der Waals surface area (Å²) in [5, 5.41) is 4.96. The van der Waals surface area contributed by atoms with E-state index in [0.29, 0.717) is 6.61 Å². The van der Waals surface area contributed by atoms with Gasteiger partial charge < -0.3 is 9.05 Å². The van der Waals surface area contributed by atoms with Crippen LogP contribution in [0, 0.1) is 0 Å². The van der Waals surface area contributed by atoms with Gasteiger partial charge in [0.1, 0.15) is 0 Å². The standard InChI is InChI=1S/C31H30O2P2/c1-5-16-27(17-6-1)34(28-18-7-2-8-19-28)32-25-26-15-13-14-24-31(26)33-35(29-20-9-3-10-21-29)30-22-11-4-12-23-30/h1-12,15-23,31H,13-14,24-25H2. The number of benzene rings is 4. The molecule has 2 nitrogen and oxygen atoms in total. The molecule has 0 heterocycles. The molecule has 4 aromatic rings. The molecular formula is C31H30O2P2. The Labute approximate surface area is 211 Å². The largest absolute Gasteiger partial charge is 0.345 e. The lowest BCUT2D eigenvalue weighted by Gasteiger charge is -2.30. The van der Waals surface area contributed by atoms with Gasteiger partial charge in [-0.25, -0.2) is 0 Å². The Hall–Kier alpha value is -2.60. The Balaban J connectivity index is 1.37. The SMILES string of the molecule is C1=C(COP(c2ccccc2)c2ccccc2)C(OP(c2ccccc2)c2ccccc2)CCC1. The monoisotopic (exact) mass is 496 g/mol.